The monoisotopic (exact) mass is 366 g/mol. The van der Waals surface area contributed by atoms with E-state index in [0.29, 0.717) is 31.3 Å². The number of nitrogens with zero attached hydrogens (tertiary/aromatic N) is 2. The average molecular weight is 366 g/mol. The van der Waals surface area contributed by atoms with Gasteiger partial charge in [0, 0.05) is 43.4 Å². The van der Waals surface area contributed by atoms with Gasteiger partial charge in [-0.3, -0.25) is 9.59 Å². The number of methoxy groups -OCH3 is 1. The lowest BCUT2D eigenvalue weighted by molar-refractivity contribution is -0.128. The zero-order valence-corrected chi connectivity index (χ0v) is 15.2. The fraction of sp³-hybridized carbons (Fsp3) is 0.333. The highest BCUT2D eigenvalue weighted by molar-refractivity contribution is 5.92. The number of amides is 1. The van der Waals surface area contributed by atoms with Crippen LogP contribution in [0.25, 0.3) is 6.08 Å². The third-order valence-corrected chi connectivity index (χ3v) is 5.41. The number of hydrogen-bond donors (Lipinski definition) is 1. The molecule has 2 atom stereocenters. The lowest BCUT2D eigenvalue weighted by Crippen LogP contribution is -2.48. The van der Waals surface area contributed by atoms with Crippen molar-refractivity contribution in [2.24, 2.45) is 5.92 Å². The summed E-state index contributed by atoms with van der Waals surface area (Å²) in [6.07, 6.45) is 4.26. The summed E-state index contributed by atoms with van der Waals surface area (Å²) in [4.78, 5) is 26.6. The molecule has 2 aliphatic heterocycles. The number of carbonyl (C=O) groups excluding carboxylic acids is 1. The first kappa shape index (κ1) is 17.4. The van der Waals surface area contributed by atoms with E-state index in [4.69, 9.17) is 4.74 Å². The largest absolute Gasteiger partial charge is 0.504 e. The second-order valence-electron chi connectivity index (χ2n) is 7.21. The summed E-state index contributed by atoms with van der Waals surface area (Å²) in [5, 5.41) is 9.85. The summed E-state index contributed by atoms with van der Waals surface area (Å²) >= 11 is 0. The van der Waals surface area contributed by atoms with Crippen molar-refractivity contribution in [3.05, 3.63) is 64.1 Å². The highest BCUT2D eigenvalue weighted by atomic mass is 16.5. The molecular formula is C21H22N2O4. The van der Waals surface area contributed by atoms with Gasteiger partial charge in [-0.25, -0.2) is 0 Å². The first-order chi connectivity index (χ1) is 13.0. The summed E-state index contributed by atoms with van der Waals surface area (Å²) < 4.78 is 6.88. The number of ether oxygens (including phenoxy) is 1. The molecule has 1 saturated heterocycles. The quantitative estimate of drug-likeness (QED) is 0.846. The molecule has 3 heterocycles. The van der Waals surface area contributed by atoms with Crippen molar-refractivity contribution in [3.63, 3.8) is 0 Å². The maximum absolute atomic E-state index is 12.7. The number of pyridine rings is 1. The molecule has 0 spiro atoms. The standard InChI is InChI=1S/C21H22N2O4/c1-27-19-7-5-14(10-18(19)24)6-8-20(25)22-11-15-9-16(13-22)17-3-2-4-21(26)23(17)12-15/h2-8,10,15-16,24H,9,11-13H2,1H3/b8-6+/t15-,16+/m1/s1. The Bertz CT molecular complexity index is 963. The van der Waals surface area contributed by atoms with Gasteiger partial charge in [0.1, 0.15) is 0 Å². The Kier molecular flexibility index (Phi) is 4.48. The average Bonchev–Trinajstić information content (AvgIpc) is 2.67. The van der Waals surface area contributed by atoms with Crippen LogP contribution in [0.5, 0.6) is 11.5 Å². The SMILES string of the molecule is COc1ccc(/C=C/C(=O)N2C[C@H]3C[C@@H](C2)c2cccc(=O)n2C3)cc1O. The Labute approximate surface area is 157 Å². The number of likely N-dealkylation sites (tertiary alicyclic amines) is 1. The van der Waals surface area contributed by atoms with Gasteiger partial charge in [-0.2, -0.15) is 0 Å². The van der Waals surface area contributed by atoms with Crippen molar-refractivity contribution in [1.29, 1.82) is 0 Å². The zero-order valence-electron chi connectivity index (χ0n) is 15.2. The number of hydrogen-bond acceptors (Lipinski definition) is 4. The molecule has 2 bridgehead atoms. The summed E-state index contributed by atoms with van der Waals surface area (Å²) in [6.45, 7) is 1.96. The van der Waals surface area contributed by atoms with Crippen LogP contribution in [0.15, 0.2) is 47.3 Å². The molecule has 140 valence electrons. The minimum Gasteiger partial charge on any atom is -0.504 e. The normalized spacial score (nSPS) is 21.1. The Balaban J connectivity index is 1.49. The van der Waals surface area contributed by atoms with E-state index < -0.39 is 0 Å². The maximum atomic E-state index is 12.7. The van der Waals surface area contributed by atoms with Gasteiger partial charge in [0.05, 0.1) is 7.11 Å². The number of piperidine rings is 1. The molecule has 2 aromatic rings. The maximum Gasteiger partial charge on any atom is 0.250 e. The molecule has 6 heteroatoms. The van der Waals surface area contributed by atoms with E-state index in [9.17, 15) is 14.7 Å². The predicted molar refractivity (Wildman–Crippen MR) is 102 cm³/mol. The first-order valence-electron chi connectivity index (χ1n) is 9.09. The Morgan fingerprint density at radius 1 is 1.22 bits per heavy atom. The highest BCUT2D eigenvalue weighted by Crippen LogP contribution is 2.35. The van der Waals surface area contributed by atoms with E-state index in [1.807, 2.05) is 15.5 Å². The number of aromatic nitrogens is 1. The molecule has 0 radical (unpaired) electrons. The fourth-order valence-corrected chi connectivity index (χ4v) is 4.16. The first-order valence-corrected chi connectivity index (χ1v) is 9.09. The molecule has 1 aromatic carbocycles. The topological polar surface area (TPSA) is 71.8 Å². The van der Waals surface area contributed by atoms with Gasteiger partial charge in [0.25, 0.3) is 5.56 Å². The highest BCUT2D eigenvalue weighted by Gasteiger charge is 2.35. The van der Waals surface area contributed by atoms with Crippen LogP contribution in [0.4, 0.5) is 0 Å². The molecule has 0 saturated carbocycles. The van der Waals surface area contributed by atoms with Gasteiger partial charge in [-0.1, -0.05) is 12.1 Å². The number of fused-ring (bicyclic) bond motifs is 4. The van der Waals surface area contributed by atoms with E-state index in [1.54, 1.807) is 42.5 Å². The number of carbonyl (C=O) groups is 1. The molecule has 1 fully saturated rings. The third kappa shape index (κ3) is 3.35. The molecule has 2 aliphatic rings. The van der Waals surface area contributed by atoms with Crippen LogP contribution in [0, 0.1) is 5.92 Å². The van der Waals surface area contributed by atoms with Crippen LogP contribution < -0.4 is 10.3 Å². The second-order valence-corrected chi connectivity index (χ2v) is 7.21. The minimum atomic E-state index is -0.0493. The number of rotatable bonds is 3. The predicted octanol–water partition coefficient (Wildman–Crippen LogP) is 2.22. The van der Waals surface area contributed by atoms with E-state index in [0.717, 1.165) is 17.7 Å². The molecule has 1 aromatic heterocycles. The lowest BCUT2D eigenvalue weighted by atomic mass is 9.83. The number of phenols is 1. The van der Waals surface area contributed by atoms with Crippen LogP contribution in [-0.2, 0) is 11.3 Å². The van der Waals surface area contributed by atoms with Crippen LogP contribution in [0.3, 0.4) is 0 Å². The molecule has 0 unspecified atom stereocenters. The van der Waals surface area contributed by atoms with Gasteiger partial charge in [-0.05, 0) is 42.2 Å². The molecular weight excluding hydrogens is 344 g/mol. The zero-order chi connectivity index (χ0) is 19.0. The summed E-state index contributed by atoms with van der Waals surface area (Å²) in [6, 6.07) is 10.4. The van der Waals surface area contributed by atoms with E-state index in [1.165, 1.54) is 7.11 Å². The molecule has 1 amide bonds. The number of benzene rings is 1. The Hall–Kier alpha value is -3.02. The summed E-state index contributed by atoms with van der Waals surface area (Å²) in [5.74, 6) is 0.900. The van der Waals surface area contributed by atoms with Crippen LogP contribution in [-0.4, -0.2) is 40.7 Å². The van der Waals surface area contributed by atoms with Gasteiger partial charge >= 0.3 is 0 Å². The van der Waals surface area contributed by atoms with Crippen LogP contribution in [0.2, 0.25) is 0 Å². The van der Waals surface area contributed by atoms with Crippen molar-refractivity contribution in [3.8, 4) is 11.5 Å². The Morgan fingerprint density at radius 2 is 2.07 bits per heavy atom. The van der Waals surface area contributed by atoms with Crippen molar-refractivity contribution in [2.45, 2.75) is 18.9 Å². The number of phenolic OH excluding ortho intramolecular Hbond substituents is 1. The molecule has 1 N–H and O–H groups in total. The third-order valence-electron chi connectivity index (χ3n) is 5.41. The number of aromatic hydroxyl groups is 1. The van der Waals surface area contributed by atoms with E-state index in [-0.39, 0.29) is 23.1 Å². The van der Waals surface area contributed by atoms with E-state index in [2.05, 4.69) is 0 Å². The van der Waals surface area contributed by atoms with Gasteiger partial charge in [0.2, 0.25) is 5.91 Å². The van der Waals surface area contributed by atoms with Crippen LogP contribution in [0.1, 0.15) is 23.6 Å². The van der Waals surface area contributed by atoms with Gasteiger partial charge < -0.3 is 19.3 Å². The lowest BCUT2D eigenvalue weighted by Gasteiger charge is -2.42. The van der Waals surface area contributed by atoms with Crippen molar-refractivity contribution in [2.75, 3.05) is 20.2 Å². The minimum absolute atomic E-state index is 0.0428. The van der Waals surface area contributed by atoms with E-state index >= 15 is 0 Å². The van der Waals surface area contributed by atoms with Gasteiger partial charge in [0.15, 0.2) is 11.5 Å². The molecule has 0 aliphatic carbocycles. The van der Waals surface area contributed by atoms with Crippen molar-refractivity contribution < 1.29 is 14.6 Å². The summed E-state index contributed by atoms with van der Waals surface area (Å²) in [5.41, 5.74) is 1.80. The van der Waals surface area contributed by atoms with Crippen LogP contribution >= 0.6 is 0 Å². The molecule has 27 heavy (non-hydrogen) atoms. The molecule has 4 rings (SSSR count). The second kappa shape index (κ2) is 6.95. The van der Waals surface area contributed by atoms with Crippen molar-refractivity contribution >= 4 is 12.0 Å². The van der Waals surface area contributed by atoms with Crippen molar-refractivity contribution in [1.82, 2.24) is 9.47 Å². The Morgan fingerprint density at radius 3 is 2.85 bits per heavy atom. The fourth-order valence-electron chi connectivity index (χ4n) is 4.16. The smallest absolute Gasteiger partial charge is 0.250 e. The summed E-state index contributed by atoms with van der Waals surface area (Å²) in [7, 11) is 1.49. The van der Waals surface area contributed by atoms with Gasteiger partial charge in [-0.15, -0.1) is 0 Å². The molecule has 6 nitrogen and oxygen atoms in total.